The molecule has 0 saturated carbocycles. The molecule has 1 aromatic rings. The first-order valence-corrected chi connectivity index (χ1v) is 6.39. The SMILES string of the molecule is Cl.O=C(OCc1ccccc1)N1CCC2NCC(O)=C21. The Kier molecular flexibility index (Phi) is 4.52. The zero-order valence-corrected chi connectivity index (χ0v) is 11.7. The molecule has 1 atom stereocenters. The molecule has 2 N–H and O–H groups in total. The third-order valence-electron chi connectivity index (χ3n) is 3.50. The number of rotatable bonds is 2. The molecular weight excluding hydrogens is 280 g/mol. The van der Waals surface area contributed by atoms with E-state index >= 15 is 0 Å². The van der Waals surface area contributed by atoms with Gasteiger partial charge in [0.1, 0.15) is 12.4 Å². The molecule has 6 heteroatoms. The van der Waals surface area contributed by atoms with Crippen LogP contribution in [0.15, 0.2) is 41.8 Å². The van der Waals surface area contributed by atoms with E-state index in [2.05, 4.69) is 5.32 Å². The molecule has 1 fully saturated rings. The molecule has 1 unspecified atom stereocenters. The van der Waals surface area contributed by atoms with Crippen molar-refractivity contribution < 1.29 is 14.6 Å². The number of carbonyl (C=O) groups excluding carboxylic acids is 1. The predicted octanol–water partition coefficient (Wildman–Crippen LogP) is 2.19. The van der Waals surface area contributed by atoms with Crippen molar-refractivity contribution in [3.8, 4) is 0 Å². The van der Waals surface area contributed by atoms with Gasteiger partial charge in [0.25, 0.3) is 0 Å². The van der Waals surface area contributed by atoms with E-state index in [-0.39, 0.29) is 30.8 Å². The Balaban J connectivity index is 0.00000147. The fraction of sp³-hybridized carbons (Fsp3) is 0.357. The van der Waals surface area contributed by atoms with Crippen molar-refractivity contribution >= 4 is 18.5 Å². The number of ether oxygens (including phenoxy) is 1. The van der Waals surface area contributed by atoms with Crippen LogP contribution in [0.3, 0.4) is 0 Å². The number of aliphatic hydroxyl groups excluding tert-OH is 1. The van der Waals surface area contributed by atoms with Crippen molar-refractivity contribution in [2.75, 3.05) is 13.1 Å². The lowest BCUT2D eigenvalue weighted by Crippen LogP contribution is -2.29. The summed E-state index contributed by atoms with van der Waals surface area (Å²) in [5, 5.41) is 12.9. The Morgan fingerprint density at radius 3 is 2.90 bits per heavy atom. The summed E-state index contributed by atoms with van der Waals surface area (Å²) in [4.78, 5) is 13.6. The van der Waals surface area contributed by atoms with Crippen LogP contribution in [0.2, 0.25) is 0 Å². The number of halogens is 1. The summed E-state index contributed by atoms with van der Waals surface area (Å²) >= 11 is 0. The standard InChI is InChI=1S/C14H16N2O3.ClH/c17-12-8-15-11-6-7-16(13(11)12)14(18)19-9-10-4-2-1-3-5-10;/h1-5,11,15,17H,6-9H2;1H. The van der Waals surface area contributed by atoms with Gasteiger partial charge in [-0.15, -0.1) is 12.4 Å². The number of carbonyl (C=O) groups is 1. The second kappa shape index (κ2) is 6.15. The Morgan fingerprint density at radius 1 is 1.40 bits per heavy atom. The molecule has 1 aromatic carbocycles. The molecule has 2 heterocycles. The number of benzene rings is 1. The molecule has 0 spiro atoms. The first kappa shape index (κ1) is 14.7. The number of aliphatic hydroxyl groups is 1. The molecule has 5 nitrogen and oxygen atoms in total. The van der Waals surface area contributed by atoms with Gasteiger partial charge in [0, 0.05) is 6.54 Å². The number of hydrogen-bond acceptors (Lipinski definition) is 4. The van der Waals surface area contributed by atoms with E-state index < -0.39 is 6.09 Å². The average Bonchev–Trinajstić information content (AvgIpc) is 3.01. The largest absolute Gasteiger partial charge is 0.509 e. The molecule has 20 heavy (non-hydrogen) atoms. The van der Waals surface area contributed by atoms with Crippen molar-refractivity contribution in [3.63, 3.8) is 0 Å². The lowest BCUT2D eigenvalue weighted by molar-refractivity contribution is 0.110. The normalized spacial score (nSPS) is 20.6. The molecule has 108 valence electrons. The highest BCUT2D eigenvalue weighted by molar-refractivity contribution is 5.85. The highest BCUT2D eigenvalue weighted by atomic mass is 35.5. The van der Waals surface area contributed by atoms with Crippen molar-refractivity contribution in [2.24, 2.45) is 0 Å². The smallest absolute Gasteiger partial charge is 0.414 e. The van der Waals surface area contributed by atoms with Crippen molar-refractivity contribution in [1.29, 1.82) is 0 Å². The maximum absolute atomic E-state index is 12.0. The van der Waals surface area contributed by atoms with Gasteiger partial charge in [-0.05, 0) is 12.0 Å². The summed E-state index contributed by atoms with van der Waals surface area (Å²) in [6.07, 6.45) is 0.427. The van der Waals surface area contributed by atoms with Crippen molar-refractivity contribution in [2.45, 2.75) is 19.1 Å². The van der Waals surface area contributed by atoms with Crippen LogP contribution < -0.4 is 5.32 Å². The number of likely N-dealkylation sites (tertiary alicyclic amines) is 1. The molecule has 0 radical (unpaired) electrons. The molecule has 0 aromatic heterocycles. The third kappa shape index (κ3) is 2.73. The van der Waals surface area contributed by atoms with Crippen LogP contribution in [0.5, 0.6) is 0 Å². The van der Waals surface area contributed by atoms with E-state index in [9.17, 15) is 9.90 Å². The minimum atomic E-state index is -0.392. The summed E-state index contributed by atoms with van der Waals surface area (Å²) in [6, 6.07) is 9.64. The zero-order valence-electron chi connectivity index (χ0n) is 10.9. The summed E-state index contributed by atoms with van der Waals surface area (Å²) in [5.41, 5.74) is 1.63. The second-order valence-corrected chi connectivity index (χ2v) is 4.75. The molecule has 2 aliphatic rings. The topological polar surface area (TPSA) is 61.8 Å². The Morgan fingerprint density at radius 2 is 2.15 bits per heavy atom. The molecule has 1 saturated heterocycles. The number of amides is 1. The lowest BCUT2D eigenvalue weighted by atomic mass is 10.2. The Hall–Kier alpha value is -1.72. The molecule has 0 bridgehead atoms. The van der Waals surface area contributed by atoms with Crippen LogP contribution >= 0.6 is 12.4 Å². The van der Waals surface area contributed by atoms with Gasteiger partial charge in [-0.3, -0.25) is 4.90 Å². The maximum atomic E-state index is 12.0. The third-order valence-corrected chi connectivity index (χ3v) is 3.50. The molecule has 3 rings (SSSR count). The average molecular weight is 297 g/mol. The summed E-state index contributed by atoms with van der Waals surface area (Å²) < 4.78 is 5.28. The number of nitrogens with zero attached hydrogens (tertiary/aromatic N) is 1. The van der Waals surface area contributed by atoms with E-state index in [0.29, 0.717) is 18.8 Å². The van der Waals surface area contributed by atoms with Gasteiger partial charge >= 0.3 is 6.09 Å². The van der Waals surface area contributed by atoms with Gasteiger partial charge in [-0.25, -0.2) is 4.79 Å². The van der Waals surface area contributed by atoms with Crippen LogP contribution in [0.1, 0.15) is 12.0 Å². The summed E-state index contributed by atoms with van der Waals surface area (Å²) in [5.74, 6) is 0.249. The number of nitrogens with one attached hydrogen (secondary N) is 1. The van der Waals surface area contributed by atoms with E-state index in [1.807, 2.05) is 30.3 Å². The van der Waals surface area contributed by atoms with Gasteiger partial charge in [-0.2, -0.15) is 0 Å². The minimum absolute atomic E-state index is 0. The Bertz CT molecular complexity index is 518. The first-order valence-electron chi connectivity index (χ1n) is 6.39. The van der Waals surface area contributed by atoms with Gasteiger partial charge < -0.3 is 15.2 Å². The summed E-state index contributed by atoms with van der Waals surface area (Å²) in [6.45, 7) is 1.27. The maximum Gasteiger partial charge on any atom is 0.414 e. The zero-order chi connectivity index (χ0) is 13.2. The first-order chi connectivity index (χ1) is 9.25. The molecule has 1 amide bonds. The number of hydrogen-bond donors (Lipinski definition) is 2. The molecule has 2 aliphatic heterocycles. The second-order valence-electron chi connectivity index (χ2n) is 4.75. The molecular formula is C14H17ClN2O3. The van der Waals surface area contributed by atoms with E-state index in [4.69, 9.17) is 4.74 Å². The van der Waals surface area contributed by atoms with Gasteiger partial charge in [-0.1, -0.05) is 30.3 Å². The fourth-order valence-corrected chi connectivity index (χ4v) is 2.56. The van der Waals surface area contributed by atoms with Crippen LogP contribution in [0.4, 0.5) is 4.79 Å². The lowest BCUT2D eigenvalue weighted by Gasteiger charge is -2.17. The highest BCUT2D eigenvalue weighted by Gasteiger charge is 2.38. The van der Waals surface area contributed by atoms with Gasteiger partial charge in [0.05, 0.1) is 18.3 Å². The van der Waals surface area contributed by atoms with Crippen molar-refractivity contribution in [3.05, 3.63) is 47.4 Å². The van der Waals surface area contributed by atoms with Crippen LogP contribution in [-0.4, -0.2) is 35.2 Å². The molecule has 0 aliphatic carbocycles. The monoisotopic (exact) mass is 296 g/mol. The van der Waals surface area contributed by atoms with E-state index in [1.165, 1.54) is 4.90 Å². The number of fused-ring (bicyclic) bond motifs is 1. The highest BCUT2D eigenvalue weighted by Crippen LogP contribution is 2.28. The van der Waals surface area contributed by atoms with E-state index in [1.54, 1.807) is 0 Å². The van der Waals surface area contributed by atoms with Gasteiger partial charge in [0.15, 0.2) is 0 Å². The summed E-state index contributed by atoms with van der Waals surface area (Å²) in [7, 11) is 0. The predicted molar refractivity (Wildman–Crippen MR) is 76.6 cm³/mol. The van der Waals surface area contributed by atoms with E-state index in [0.717, 1.165) is 12.0 Å². The van der Waals surface area contributed by atoms with Crippen LogP contribution in [0.25, 0.3) is 0 Å². The quantitative estimate of drug-likeness (QED) is 0.878. The minimum Gasteiger partial charge on any atom is -0.509 e. The van der Waals surface area contributed by atoms with Crippen LogP contribution in [-0.2, 0) is 11.3 Å². The van der Waals surface area contributed by atoms with Crippen molar-refractivity contribution in [1.82, 2.24) is 10.2 Å². The Labute approximate surface area is 123 Å². The fourth-order valence-electron chi connectivity index (χ4n) is 2.56. The van der Waals surface area contributed by atoms with Crippen LogP contribution in [0, 0.1) is 0 Å². The van der Waals surface area contributed by atoms with Gasteiger partial charge in [0.2, 0.25) is 0 Å².